The SMILES string of the molecule is Cl.O=S1(=O)c2cc(Cl)ccc2Oc2ccccc2N1CC1CCN(C[C@H](O)c2ccc(OC(F)(F)F)cc2)CC1. The second kappa shape index (κ2) is 12.0. The predicted molar refractivity (Wildman–Crippen MR) is 147 cm³/mol. The van der Waals surface area contributed by atoms with E-state index in [0.717, 1.165) is 0 Å². The van der Waals surface area contributed by atoms with E-state index in [4.69, 9.17) is 16.3 Å². The minimum Gasteiger partial charge on any atom is -0.454 e. The number of halogens is 5. The number of fused-ring (bicyclic) bond motifs is 2. The molecule has 7 nitrogen and oxygen atoms in total. The Bertz CT molecular complexity index is 1430. The lowest BCUT2D eigenvalue weighted by atomic mass is 9.96. The Labute approximate surface area is 241 Å². The average molecular weight is 619 g/mol. The van der Waals surface area contributed by atoms with Gasteiger partial charge in [0.1, 0.15) is 16.4 Å². The number of aliphatic hydroxyl groups excluding tert-OH is 1. The second-order valence-corrected chi connectivity index (χ2v) is 11.8. The van der Waals surface area contributed by atoms with Gasteiger partial charge in [0.15, 0.2) is 5.75 Å². The minimum atomic E-state index is -4.78. The van der Waals surface area contributed by atoms with Crippen LogP contribution in [0.1, 0.15) is 24.5 Å². The summed E-state index contributed by atoms with van der Waals surface area (Å²) in [4.78, 5) is 2.07. The van der Waals surface area contributed by atoms with Crippen LogP contribution < -0.4 is 13.8 Å². The first-order chi connectivity index (χ1) is 18.5. The molecule has 0 spiro atoms. The average Bonchev–Trinajstić information content (AvgIpc) is 2.97. The Morgan fingerprint density at radius 2 is 1.70 bits per heavy atom. The van der Waals surface area contributed by atoms with Gasteiger partial charge in [0.05, 0.1) is 11.8 Å². The van der Waals surface area contributed by atoms with Gasteiger partial charge in [-0.25, -0.2) is 8.42 Å². The van der Waals surface area contributed by atoms with E-state index in [2.05, 4.69) is 9.64 Å². The number of sulfonamides is 1. The molecule has 3 aromatic rings. The number of nitrogens with zero attached hydrogens (tertiary/aromatic N) is 2. The number of alkyl halides is 3. The number of benzene rings is 3. The third kappa shape index (κ3) is 6.77. The van der Waals surface area contributed by atoms with Crippen LogP contribution in [0, 0.1) is 5.92 Å². The molecule has 0 aromatic heterocycles. The minimum absolute atomic E-state index is 0. The van der Waals surface area contributed by atoms with Crippen molar-refractivity contribution in [3.05, 3.63) is 77.3 Å². The number of rotatable bonds is 6. The number of anilines is 1. The highest BCUT2D eigenvalue weighted by Gasteiger charge is 2.36. The molecule has 3 aromatic carbocycles. The fourth-order valence-corrected chi connectivity index (χ4v) is 6.84. The van der Waals surface area contributed by atoms with E-state index in [1.54, 1.807) is 36.4 Å². The van der Waals surface area contributed by atoms with Gasteiger partial charge in [0.25, 0.3) is 10.0 Å². The van der Waals surface area contributed by atoms with Crippen molar-refractivity contribution in [2.75, 3.05) is 30.5 Å². The van der Waals surface area contributed by atoms with E-state index in [0.29, 0.717) is 54.5 Å². The molecular weight excluding hydrogens is 592 g/mol. The quantitative estimate of drug-likeness (QED) is 0.344. The number of para-hydroxylation sites is 2. The highest BCUT2D eigenvalue weighted by atomic mass is 35.5. The Morgan fingerprint density at radius 3 is 2.38 bits per heavy atom. The summed E-state index contributed by atoms with van der Waals surface area (Å²) in [5, 5.41) is 10.9. The summed E-state index contributed by atoms with van der Waals surface area (Å²) in [6, 6.07) is 16.7. The van der Waals surface area contributed by atoms with Crippen molar-refractivity contribution in [1.82, 2.24) is 4.90 Å². The first-order valence-corrected chi connectivity index (χ1v) is 14.2. The predicted octanol–water partition coefficient (Wildman–Crippen LogP) is 6.41. The number of ether oxygens (including phenoxy) is 2. The maximum Gasteiger partial charge on any atom is 0.573 e. The number of β-amino-alcohol motifs (C(OH)–C–C–N with tert-alkyl or cyclic N) is 1. The first-order valence-electron chi connectivity index (χ1n) is 12.3. The zero-order chi connectivity index (χ0) is 27.8. The smallest absolute Gasteiger partial charge is 0.454 e. The number of hydrogen-bond donors (Lipinski definition) is 1. The summed E-state index contributed by atoms with van der Waals surface area (Å²) >= 11 is 6.13. The van der Waals surface area contributed by atoms with Crippen LogP contribution in [-0.4, -0.2) is 51.0 Å². The van der Waals surface area contributed by atoms with Crippen LogP contribution in [0.4, 0.5) is 18.9 Å². The molecule has 2 heterocycles. The van der Waals surface area contributed by atoms with E-state index in [1.165, 1.54) is 34.6 Å². The van der Waals surface area contributed by atoms with Gasteiger partial charge in [-0.3, -0.25) is 4.31 Å². The van der Waals surface area contributed by atoms with Gasteiger partial charge in [-0.05, 0) is 79.9 Å². The molecule has 1 fully saturated rings. The van der Waals surface area contributed by atoms with Crippen LogP contribution in [0.5, 0.6) is 17.2 Å². The van der Waals surface area contributed by atoms with Crippen LogP contribution in [-0.2, 0) is 10.0 Å². The Kier molecular flexibility index (Phi) is 9.11. The van der Waals surface area contributed by atoms with Gasteiger partial charge < -0.3 is 19.5 Å². The molecule has 1 N–H and O–H groups in total. The largest absolute Gasteiger partial charge is 0.573 e. The van der Waals surface area contributed by atoms with Crippen molar-refractivity contribution in [1.29, 1.82) is 0 Å². The molecular formula is C27H27Cl2F3N2O5S. The van der Waals surface area contributed by atoms with Crippen LogP contribution in [0.2, 0.25) is 5.02 Å². The molecule has 0 radical (unpaired) electrons. The fourth-order valence-electron chi connectivity index (χ4n) is 4.91. The van der Waals surface area contributed by atoms with Crippen molar-refractivity contribution >= 4 is 39.7 Å². The van der Waals surface area contributed by atoms with Gasteiger partial charge in [-0.2, -0.15) is 0 Å². The molecule has 2 aliphatic heterocycles. The third-order valence-corrected chi connectivity index (χ3v) is 8.92. The lowest BCUT2D eigenvalue weighted by Gasteiger charge is -2.35. The number of likely N-dealkylation sites (tertiary alicyclic amines) is 1. The van der Waals surface area contributed by atoms with Crippen molar-refractivity contribution in [3.63, 3.8) is 0 Å². The van der Waals surface area contributed by atoms with Crippen LogP contribution in [0.3, 0.4) is 0 Å². The first kappa shape index (κ1) is 30.3. The van der Waals surface area contributed by atoms with Crippen molar-refractivity contribution < 1.29 is 36.2 Å². The van der Waals surface area contributed by atoms with E-state index in [-0.39, 0.29) is 41.3 Å². The van der Waals surface area contributed by atoms with Gasteiger partial charge in [-0.1, -0.05) is 35.9 Å². The van der Waals surface area contributed by atoms with Crippen LogP contribution >= 0.6 is 24.0 Å². The maximum atomic E-state index is 13.8. The summed E-state index contributed by atoms with van der Waals surface area (Å²) in [7, 11) is -3.95. The van der Waals surface area contributed by atoms with Gasteiger partial charge >= 0.3 is 6.36 Å². The molecule has 0 amide bonds. The fraction of sp³-hybridized carbons (Fsp3) is 0.333. The number of hydrogen-bond acceptors (Lipinski definition) is 6. The van der Waals surface area contributed by atoms with Crippen molar-refractivity contribution in [2.24, 2.45) is 5.92 Å². The molecule has 2 aliphatic rings. The van der Waals surface area contributed by atoms with Gasteiger partial charge in [0.2, 0.25) is 0 Å². The molecule has 5 rings (SSSR count). The topological polar surface area (TPSA) is 79.3 Å². The van der Waals surface area contributed by atoms with E-state index >= 15 is 0 Å². The zero-order valence-corrected chi connectivity index (χ0v) is 23.4. The second-order valence-electron chi connectivity index (χ2n) is 9.57. The summed E-state index contributed by atoms with van der Waals surface area (Å²) < 4.78 is 75.9. The summed E-state index contributed by atoms with van der Waals surface area (Å²) in [5.41, 5.74) is 0.942. The molecule has 0 saturated carbocycles. The zero-order valence-electron chi connectivity index (χ0n) is 21.1. The van der Waals surface area contributed by atoms with Crippen LogP contribution in [0.15, 0.2) is 71.6 Å². The molecule has 1 atom stereocenters. The molecule has 1 saturated heterocycles. The van der Waals surface area contributed by atoms with E-state index in [9.17, 15) is 26.7 Å². The molecule has 40 heavy (non-hydrogen) atoms. The van der Waals surface area contributed by atoms with E-state index < -0.39 is 22.5 Å². The molecule has 13 heteroatoms. The van der Waals surface area contributed by atoms with Crippen LogP contribution in [0.25, 0.3) is 0 Å². The van der Waals surface area contributed by atoms with Crippen molar-refractivity contribution in [2.45, 2.75) is 30.2 Å². The molecule has 216 valence electrons. The standard InChI is InChI=1S/C27H26ClF3N2O5S.ClH/c28-20-7-10-25-26(15-20)39(35,36)33(22-3-1-2-4-24(22)37-25)16-18-11-13-32(14-12-18)17-23(34)19-5-8-21(9-6-19)38-27(29,30)31;/h1-10,15,18,23,34H,11-14,16-17H2;1H/t23-;/m0./s1. The number of piperidine rings is 1. The van der Waals surface area contributed by atoms with Gasteiger partial charge in [0, 0.05) is 18.1 Å². The van der Waals surface area contributed by atoms with Crippen molar-refractivity contribution in [3.8, 4) is 17.2 Å². The molecule has 0 aliphatic carbocycles. The van der Waals surface area contributed by atoms with E-state index in [1.807, 2.05) is 0 Å². The third-order valence-electron chi connectivity index (χ3n) is 6.89. The highest BCUT2D eigenvalue weighted by Crippen LogP contribution is 2.44. The normalized spacial score (nSPS) is 18.0. The van der Waals surface area contributed by atoms with Gasteiger partial charge in [-0.15, -0.1) is 25.6 Å². The lowest BCUT2D eigenvalue weighted by molar-refractivity contribution is -0.274. The summed E-state index contributed by atoms with van der Waals surface area (Å²) in [5.74, 6) is 0.367. The summed E-state index contributed by atoms with van der Waals surface area (Å²) in [6.45, 7) is 1.82. The molecule has 0 unspecified atom stereocenters. The number of aliphatic hydroxyl groups is 1. The monoisotopic (exact) mass is 618 g/mol. The summed E-state index contributed by atoms with van der Waals surface area (Å²) in [6.07, 6.45) is -4.27. The Morgan fingerprint density at radius 1 is 1.02 bits per heavy atom. The Hall–Kier alpha value is -2.70. The Balaban J connectivity index is 0.00000370. The molecule has 0 bridgehead atoms. The highest BCUT2D eigenvalue weighted by molar-refractivity contribution is 7.93. The lowest BCUT2D eigenvalue weighted by Crippen LogP contribution is -2.42. The maximum absolute atomic E-state index is 13.8.